The summed E-state index contributed by atoms with van der Waals surface area (Å²) in [6.45, 7) is 0.318. The van der Waals surface area contributed by atoms with Crippen molar-refractivity contribution < 1.29 is 14.3 Å². The molecule has 0 aliphatic heterocycles. The fourth-order valence-corrected chi connectivity index (χ4v) is 2.30. The highest BCUT2D eigenvalue weighted by molar-refractivity contribution is 5.92. The first-order chi connectivity index (χ1) is 10.7. The topological polar surface area (TPSA) is 84.1 Å². The lowest BCUT2D eigenvalue weighted by atomic mass is 10.1. The van der Waals surface area contributed by atoms with Gasteiger partial charge >= 0.3 is 5.97 Å². The van der Waals surface area contributed by atoms with Gasteiger partial charge in [0.2, 0.25) is 0 Å². The number of pyridine rings is 1. The van der Waals surface area contributed by atoms with E-state index < -0.39 is 0 Å². The summed E-state index contributed by atoms with van der Waals surface area (Å²) in [7, 11) is 1.36. The second kappa shape index (κ2) is 6.01. The molecule has 6 heteroatoms. The van der Waals surface area contributed by atoms with Crippen LogP contribution in [0.2, 0.25) is 0 Å². The lowest BCUT2D eigenvalue weighted by Crippen LogP contribution is -2.24. The Kier molecular flexibility index (Phi) is 3.91. The Balaban J connectivity index is 1.73. The molecule has 1 amide bonds. The molecule has 1 aliphatic carbocycles. The summed E-state index contributed by atoms with van der Waals surface area (Å²) < 4.78 is 4.79. The molecule has 2 heterocycles. The number of nitrogens with zero attached hydrogens (tertiary/aromatic N) is 1. The number of hydrogen-bond acceptors (Lipinski definition) is 4. The number of methoxy groups -OCH3 is 1. The van der Waals surface area contributed by atoms with Crippen molar-refractivity contribution in [2.24, 2.45) is 0 Å². The number of esters is 1. The van der Waals surface area contributed by atoms with Crippen LogP contribution in [0.1, 0.15) is 51.0 Å². The molecule has 0 saturated heterocycles. The maximum absolute atomic E-state index is 11.9. The van der Waals surface area contributed by atoms with Crippen molar-refractivity contribution in [2.45, 2.75) is 25.3 Å². The number of ether oxygens (including phenoxy) is 1. The molecule has 1 fully saturated rings. The van der Waals surface area contributed by atoms with Gasteiger partial charge < -0.3 is 15.0 Å². The Morgan fingerprint density at radius 3 is 2.82 bits per heavy atom. The minimum Gasteiger partial charge on any atom is -0.465 e. The molecule has 2 aromatic rings. The van der Waals surface area contributed by atoms with Crippen LogP contribution in [0.25, 0.3) is 0 Å². The maximum atomic E-state index is 11.9. The Bertz CT molecular complexity index is 691. The zero-order valence-electron chi connectivity index (χ0n) is 12.3. The highest BCUT2D eigenvalue weighted by Gasteiger charge is 2.30. The van der Waals surface area contributed by atoms with Gasteiger partial charge in [0.05, 0.1) is 30.6 Å². The third-order valence-corrected chi connectivity index (χ3v) is 3.62. The quantitative estimate of drug-likeness (QED) is 0.827. The van der Waals surface area contributed by atoms with Crippen molar-refractivity contribution in [3.05, 3.63) is 53.1 Å². The van der Waals surface area contributed by atoms with Crippen LogP contribution in [0.3, 0.4) is 0 Å². The van der Waals surface area contributed by atoms with Crippen LogP contribution in [0.4, 0.5) is 0 Å². The molecule has 2 aromatic heterocycles. The van der Waals surface area contributed by atoms with E-state index in [0.29, 0.717) is 23.7 Å². The zero-order chi connectivity index (χ0) is 15.5. The first-order valence-corrected chi connectivity index (χ1v) is 7.18. The summed E-state index contributed by atoms with van der Waals surface area (Å²) in [5, 5.41) is 2.80. The van der Waals surface area contributed by atoms with Gasteiger partial charge in [-0.25, -0.2) is 4.79 Å². The molecule has 0 aromatic carbocycles. The van der Waals surface area contributed by atoms with E-state index in [1.165, 1.54) is 7.11 Å². The van der Waals surface area contributed by atoms with E-state index in [-0.39, 0.29) is 11.9 Å². The molecule has 0 atom stereocenters. The molecular weight excluding hydrogens is 282 g/mol. The van der Waals surface area contributed by atoms with Crippen LogP contribution < -0.4 is 5.32 Å². The van der Waals surface area contributed by atoms with Gasteiger partial charge in [-0.3, -0.25) is 9.78 Å². The predicted octanol–water partition coefficient (Wildman–Crippen LogP) is 2.00. The first-order valence-electron chi connectivity index (χ1n) is 7.18. The van der Waals surface area contributed by atoms with Crippen LogP contribution in [-0.4, -0.2) is 29.0 Å². The summed E-state index contributed by atoms with van der Waals surface area (Å²) >= 11 is 0. The Morgan fingerprint density at radius 1 is 1.36 bits per heavy atom. The van der Waals surface area contributed by atoms with Crippen molar-refractivity contribution >= 4 is 11.9 Å². The van der Waals surface area contributed by atoms with Crippen LogP contribution in [-0.2, 0) is 11.3 Å². The van der Waals surface area contributed by atoms with Gasteiger partial charge in [0.15, 0.2) is 0 Å². The molecule has 114 valence electrons. The van der Waals surface area contributed by atoms with Crippen LogP contribution >= 0.6 is 0 Å². The van der Waals surface area contributed by atoms with Crippen LogP contribution in [0.15, 0.2) is 30.5 Å². The van der Waals surface area contributed by atoms with E-state index in [2.05, 4.69) is 15.3 Å². The zero-order valence-corrected chi connectivity index (χ0v) is 12.3. The van der Waals surface area contributed by atoms with E-state index in [1.54, 1.807) is 30.5 Å². The van der Waals surface area contributed by atoms with E-state index in [4.69, 9.17) is 4.74 Å². The lowest BCUT2D eigenvalue weighted by molar-refractivity contribution is 0.0598. The van der Waals surface area contributed by atoms with Gasteiger partial charge in [-0.1, -0.05) is 0 Å². The summed E-state index contributed by atoms with van der Waals surface area (Å²) in [5.41, 5.74) is 2.53. The number of aromatic nitrogens is 2. The van der Waals surface area contributed by atoms with E-state index in [9.17, 15) is 9.59 Å². The second-order valence-corrected chi connectivity index (χ2v) is 5.27. The van der Waals surface area contributed by atoms with Gasteiger partial charge in [-0.2, -0.15) is 0 Å². The molecule has 0 bridgehead atoms. The van der Waals surface area contributed by atoms with Crippen molar-refractivity contribution in [1.82, 2.24) is 15.3 Å². The molecule has 3 rings (SSSR count). The minimum atomic E-state index is -0.364. The van der Waals surface area contributed by atoms with Crippen LogP contribution in [0, 0.1) is 0 Å². The maximum Gasteiger partial charge on any atom is 0.339 e. The monoisotopic (exact) mass is 299 g/mol. The van der Waals surface area contributed by atoms with E-state index in [1.807, 2.05) is 0 Å². The SMILES string of the molecule is COC(=O)c1ccc(CNC(=O)c2ccc[nH]2)nc1C1CC1. The van der Waals surface area contributed by atoms with Crippen molar-refractivity contribution in [3.63, 3.8) is 0 Å². The molecule has 2 N–H and O–H groups in total. The molecule has 0 spiro atoms. The fraction of sp³-hybridized carbons (Fsp3) is 0.312. The average Bonchev–Trinajstić information content (AvgIpc) is 3.25. The number of hydrogen-bond donors (Lipinski definition) is 2. The van der Waals surface area contributed by atoms with Gasteiger partial charge in [0, 0.05) is 12.1 Å². The summed E-state index contributed by atoms with van der Waals surface area (Å²) in [6, 6.07) is 6.94. The number of carbonyl (C=O) groups is 2. The second-order valence-electron chi connectivity index (χ2n) is 5.27. The standard InChI is InChI=1S/C16H17N3O3/c1-22-16(21)12-7-6-11(19-14(12)10-4-5-10)9-18-15(20)13-3-2-8-17-13/h2-3,6-8,10,17H,4-5,9H2,1H3,(H,18,20). The normalized spacial score (nSPS) is 13.7. The Hall–Kier alpha value is -2.63. The lowest BCUT2D eigenvalue weighted by Gasteiger charge is -2.09. The molecule has 6 nitrogen and oxygen atoms in total. The summed E-state index contributed by atoms with van der Waals surface area (Å²) in [6.07, 6.45) is 3.77. The average molecular weight is 299 g/mol. The van der Waals surface area contributed by atoms with Crippen molar-refractivity contribution in [1.29, 1.82) is 0 Å². The van der Waals surface area contributed by atoms with Crippen LogP contribution in [0.5, 0.6) is 0 Å². The minimum absolute atomic E-state index is 0.184. The molecule has 0 radical (unpaired) electrons. The van der Waals surface area contributed by atoms with E-state index >= 15 is 0 Å². The fourth-order valence-electron chi connectivity index (χ4n) is 2.30. The summed E-state index contributed by atoms with van der Waals surface area (Å²) in [4.78, 5) is 31.0. The van der Waals surface area contributed by atoms with Gasteiger partial charge in [-0.05, 0) is 37.1 Å². The number of nitrogens with one attached hydrogen (secondary N) is 2. The number of aromatic amines is 1. The molecular formula is C16H17N3O3. The Morgan fingerprint density at radius 2 is 2.18 bits per heavy atom. The van der Waals surface area contributed by atoms with E-state index in [0.717, 1.165) is 24.2 Å². The van der Waals surface area contributed by atoms with Crippen molar-refractivity contribution in [2.75, 3.05) is 7.11 Å². The number of carbonyl (C=O) groups excluding carboxylic acids is 2. The number of H-pyrrole nitrogens is 1. The van der Waals surface area contributed by atoms with Gasteiger partial charge in [-0.15, -0.1) is 0 Å². The first kappa shape index (κ1) is 14.3. The van der Waals surface area contributed by atoms with Gasteiger partial charge in [0.1, 0.15) is 5.69 Å². The molecule has 1 saturated carbocycles. The van der Waals surface area contributed by atoms with Gasteiger partial charge in [0.25, 0.3) is 5.91 Å². The Labute approximate surface area is 127 Å². The molecule has 0 unspecified atom stereocenters. The third-order valence-electron chi connectivity index (χ3n) is 3.62. The predicted molar refractivity (Wildman–Crippen MR) is 79.5 cm³/mol. The third kappa shape index (κ3) is 3.00. The van der Waals surface area contributed by atoms with Crippen molar-refractivity contribution in [3.8, 4) is 0 Å². The molecule has 22 heavy (non-hydrogen) atoms. The highest BCUT2D eigenvalue weighted by atomic mass is 16.5. The largest absolute Gasteiger partial charge is 0.465 e. The molecule has 1 aliphatic rings. The number of amides is 1. The summed E-state index contributed by atoms with van der Waals surface area (Å²) in [5.74, 6) is -0.221. The smallest absolute Gasteiger partial charge is 0.339 e. The number of rotatable bonds is 5. The highest BCUT2D eigenvalue weighted by Crippen LogP contribution is 2.40.